The van der Waals surface area contributed by atoms with Crippen molar-refractivity contribution in [1.29, 1.82) is 0 Å². The Balaban J connectivity index is 1.59. The zero-order chi connectivity index (χ0) is 17.6. The minimum atomic E-state index is -0.162. The topological polar surface area (TPSA) is 12.9 Å². The van der Waals surface area contributed by atoms with Crippen LogP contribution in [0.3, 0.4) is 0 Å². The van der Waals surface area contributed by atoms with E-state index in [4.69, 9.17) is 0 Å². The van der Waals surface area contributed by atoms with Gasteiger partial charge in [-0.25, -0.2) is 4.39 Å². The van der Waals surface area contributed by atoms with Crippen LogP contribution in [0.15, 0.2) is 36.5 Å². The molecule has 0 radical (unpaired) electrons. The molecule has 1 aliphatic rings. The van der Waals surface area contributed by atoms with Crippen molar-refractivity contribution < 1.29 is 4.39 Å². The van der Waals surface area contributed by atoms with Crippen LogP contribution in [0.2, 0.25) is 0 Å². The molecule has 2 aromatic rings. The highest BCUT2D eigenvalue weighted by molar-refractivity contribution is 5.59. The second kappa shape index (κ2) is 8.60. The van der Waals surface area contributed by atoms with Crippen molar-refractivity contribution in [2.45, 2.75) is 71.1 Å². The minimum Gasteiger partial charge on any atom is -0.256 e. The van der Waals surface area contributed by atoms with Gasteiger partial charge in [0.2, 0.25) is 0 Å². The number of aryl methyl sites for hydroxylation is 1. The molecule has 0 spiro atoms. The smallest absolute Gasteiger partial charge is 0.126 e. The second-order valence-electron chi connectivity index (χ2n) is 7.65. The molecule has 0 saturated heterocycles. The van der Waals surface area contributed by atoms with Gasteiger partial charge in [0.25, 0.3) is 0 Å². The van der Waals surface area contributed by atoms with Gasteiger partial charge in [0.15, 0.2) is 0 Å². The lowest BCUT2D eigenvalue weighted by Gasteiger charge is -2.28. The summed E-state index contributed by atoms with van der Waals surface area (Å²) in [7, 11) is 0. The molecule has 134 valence electrons. The number of hydrogen-bond donors (Lipinski definition) is 0. The Kier molecular flexibility index (Phi) is 6.23. The van der Waals surface area contributed by atoms with Crippen LogP contribution >= 0.6 is 0 Å². The van der Waals surface area contributed by atoms with Crippen molar-refractivity contribution in [2.75, 3.05) is 0 Å². The first-order valence-electron chi connectivity index (χ1n) is 9.90. The number of nitrogens with zero attached hydrogens (tertiary/aromatic N) is 1. The number of aromatic nitrogens is 1. The molecule has 0 unspecified atom stereocenters. The van der Waals surface area contributed by atoms with Gasteiger partial charge in [-0.3, -0.25) is 4.98 Å². The molecule has 1 fully saturated rings. The zero-order valence-electron chi connectivity index (χ0n) is 15.6. The summed E-state index contributed by atoms with van der Waals surface area (Å²) < 4.78 is 13.8. The molecule has 0 amide bonds. The van der Waals surface area contributed by atoms with Gasteiger partial charge in [-0.05, 0) is 67.7 Å². The van der Waals surface area contributed by atoms with E-state index in [9.17, 15) is 4.39 Å². The molecule has 0 N–H and O–H groups in total. The molecular formula is C23H30FN. The van der Waals surface area contributed by atoms with Gasteiger partial charge < -0.3 is 0 Å². The van der Waals surface area contributed by atoms with Crippen molar-refractivity contribution in [3.63, 3.8) is 0 Å². The van der Waals surface area contributed by atoms with Crippen LogP contribution < -0.4 is 0 Å². The molecule has 1 heterocycles. The number of unbranched alkanes of at least 4 members (excludes halogenated alkanes) is 2. The molecule has 0 bridgehead atoms. The van der Waals surface area contributed by atoms with Crippen molar-refractivity contribution in [3.05, 3.63) is 53.5 Å². The van der Waals surface area contributed by atoms with Crippen LogP contribution in [-0.2, 0) is 0 Å². The first-order chi connectivity index (χ1) is 12.2. The summed E-state index contributed by atoms with van der Waals surface area (Å²) in [6.45, 7) is 4.06. The van der Waals surface area contributed by atoms with E-state index in [0.717, 1.165) is 17.2 Å². The van der Waals surface area contributed by atoms with Crippen LogP contribution in [0.4, 0.5) is 4.39 Å². The first kappa shape index (κ1) is 18.1. The van der Waals surface area contributed by atoms with E-state index >= 15 is 0 Å². The Morgan fingerprint density at radius 3 is 2.48 bits per heavy atom. The number of pyridine rings is 1. The van der Waals surface area contributed by atoms with Crippen LogP contribution in [0.5, 0.6) is 0 Å². The summed E-state index contributed by atoms with van der Waals surface area (Å²) in [6, 6.07) is 9.59. The monoisotopic (exact) mass is 339 g/mol. The van der Waals surface area contributed by atoms with Gasteiger partial charge in [-0.1, -0.05) is 50.8 Å². The van der Waals surface area contributed by atoms with Crippen molar-refractivity contribution in [3.8, 4) is 11.3 Å². The molecule has 1 saturated carbocycles. The summed E-state index contributed by atoms with van der Waals surface area (Å²) >= 11 is 0. The maximum atomic E-state index is 13.8. The third kappa shape index (κ3) is 4.68. The standard InChI is InChI=1S/C23H30FN/c1-3-4-5-6-18-8-11-19(12-9-18)21-13-14-23(25-16-21)20-10-7-17(2)22(24)15-20/h7,10,13-16,18-19H,3-6,8-9,11-12H2,1-2H3. The summed E-state index contributed by atoms with van der Waals surface area (Å²) in [5, 5.41) is 0. The fourth-order valence-corrected chi connectivity index (χ4v) is 4.04. The minimum absolute atomic E-state index is 0.162. The van der Waals surface area contributed by atoms with Gasteiger partial charge in [0.05, 0.1) is 5.69 Å². The van der Waals surface area contributed by atoms with E-state index in [2.05, 4.69) is 18.0 Å². The molecular weight excluding hydrogens is 309 g/mol. The summed E-state index contributed by atoms with van der Waals surface area (Å²) in [5.41, 5.74) is 3.74. The molecule has 1 aromatic carbocycles. The maximum Gasteiger partial charge on any atom is 0.126 e. The summed E-state index contributed by atoms with van der Waals surface area (Å²) in [4.78, 5) is 4.61. The molecule has 1 nitrogen and oxygen atoms in total. The molecule has 3 rings (SSSR count). The van der Waals surface area contributed by atoms with Crippen LogP contribution in [0.25, 0.3) is 11.3 Å². The SMILES string of the molecule is CCCCCC1CCC(c2ccc(-c3ccc(C)c(F)c3)nc2)CC1. The van der Waals surface area contributed by atoms with E-state index in [1.54, 1.807) is 13.0 Å². The van der Waals surface area contributed by atoms with Crippen LogP contribution in [-0.4, -0.2) is 4.98 Å². The third-order valence-electron chi connectivity index (χ3n) is 5.79. The molecule has 0 aliphatic heterocycles. The Hall–Kier alpha value is -1.70. The molecule has 1 aliphatic carbocycles. The van der Waals surface area contributed by atoms with Gasteiger partial charge >= 0.3 is 0 Å². The third-order valence-corrected chi connectivity index (χ3v) is 5.79. The Morgan fingerprint density at radius 1 is 1.04 bits per heavy atom. The molecule has 1 aromatic heterocycles. The van der Waals surface area contributed by atoms with Gasteiger partial charge in [0, 0.05) is 11.8 Å². The summed E-state index contributed by atoms with van der Waals surface area (Å²) in [6.07, 6.45) is 12.8. The van der Waals surface area contributed by atoms with Gasteiger partial charge in [-0.2, -0.15) is 0 Å². The largest absolute Gasteiger partial charge is 0.256 e. The van der Waals surface area contributed by atoms with Crippen molar-refractivity contribution in [1.82, 2.24) is 4.98 Å². The molecule has 2 heteroatoms. The molecule has 0 atom stereocenters. The van der Waals surface area contributed by atoms with E-state index < -0.39 is 0 Å². The Morgan fingerprint density at radius 2 is 1.84 bits per heavy atom. The highest BCUT2D eigenvalue weighted by Gasteiger charge is 2.22. The highest BCUT2D eigenvalue weighted by atomic mass is 19.1. The average Bonchev–Trinajstić information content (AvgIpc) is 2.65. The fraction of sp³-hybridized carbons (Fsp3) is 0.522. The van der Waals surface area contributed by atoms with Crippen molar-refractivity contribution in [2.24, 2.45) is 5.92 Å². The maximum absolute atomic E-state index is 13.8. The lowest BCUT2D eigenvalue weighted by Crippen LogP contribution is -2.13. The lowest BCUT2D eigenvalue weighted by molar-refractivity contribution is 0.302. The average molecular weight is 339 g/mol. The summed E-state index contributed by atoms with van der Waals surface area (Å²) in [5.74, 6) is 1.43. The lowest BCUT2D eigenvalue weighted by atomic mass is 9.77. The van der Waals surface area contributed by atoms with E-state index in [1.165, 1.54) is 56.9 Å². The van der Waals surface area contributed by atoms with Crippen molar-refractivity contribution >= 4 is 0 Å². The normalized spacial score (nSPS) is 20.6. The first-order valence-corrected chi connectivity index (χ1v) is 9.90. The number of hydrogen-bond acceptors (Lipinski definition) is 1. The quantitative estimate of drug-likeness (QED) is 0.514. The van der Waals surface area contributed by atoms with Gasteiger partial charge in [-0.15, -0.1) is 0 Å². The Labute approximate surface area is 151 Å². The highest BCUT2D eigenvalue weighted by Crippen LogP contribution is 2.37. The zero-order valence-corrected chi connectivity index (χ0v) is 15.6. The number of benzene rings is 1. The predicted octanol–water partition coefficient (Wildman–Crippen LogP) is 7.05. The van der Waals surface area contributed by atoms with E-state index in [-0.39, 0.29) is 5.82 Å². The number of halogens is 1. The van der Waals surface area contributed by atoms with E-state index in [0.29, 0.717) is 11.5 Å². The van der Waals surface area contributed by atoms with E-state index in [1.807, 2.05) is 24.4 Å². The predicted molar refractivity (Wildman–Crippen MR) is 103 cm³/mol. The Bertz CT molecular complexity index is 669. The van der Waals surface area contributed by atoms with Crippen LogP contribution in [0.1, 0.15) is 75.3 Å². The second-order valence-corrected chi connectivity index (χ2v) is 7.65. The number of rotatable bonds is 6. The fourth-order valence-electron chi connectivity index (χ4n) is 4.04. The van der Waals surface area contributed by atoms with Crippen LogP contribution in [0, 0.1) is 18.7 Å². The molecule has 25 heavy (non-hydrogen) atoms. The van der Waals surface area contributed by atoms with Gasteiger partial charge in [0.1, 0.15) is 5.82 Å².